The maximum atomic E-state index is 12.8. The third-order valence-electron chi connectivity index (χ3n) is 4.30. The monoisotopic (exact) mass is 342 g/mol. The molecule has 1 aliphatic rings. The van der Waals surface area contributed by atoms with Crippen molar-refractivity contribution < 1.29 is 9.59 Å². The molecule has 0 aliphatic carbocycles. The molecule has 1 heterocycles. The summed E-state index contributed by atoms with van der Waals surface area (Å²) in [5.74, 6) is -0.232. The first-order valence-corrected chi connectivity index (χ1v) is 8.30. The SMILES string of the molecule is Cc1cccc(N2CCN(C(=O)c3cccc(Cl)c3)C(C)C2=O)c1. The number of carbonyl (C=O) groups is 2. The zero-order chi connectivity index (χ0) is 17.3. The fourth-order valence-corrected chi connectivity index (χ4v) is 3.18. The lowest BCUT2D eigenvalue weighted by Gasteiger charge is -2.39. The van der Waals surface area contributed by atoms with Gasteiger partial charge >= 0.3 is 0 Å². The number of aryl methyl sites for hydroxylation is 1. The molecule has 1 atom stereocenters. The van der Waals surface area contributed by atoms with E-state index in [1.54, 1.807) is 41.0 Å². The van der Waals surface area contributed by atoms with Gasteiger partial charge in [0.1, 0.15) is 6.04 Å². The van der Waals surface area contributed by atoms with E-state index in [4.69, 9.17) is 11.6 Å². The molecule has 0 saturated carbocycles. The van der Waals surface area contributed by atoms with E-state index in [2.05, 4.69) is 0 Å². The van der Waals surface area contributed by atoms with Gasteiger partial charge in [-0.2, -0.15) is 0 Å². The fraction of sp³-hybridized carbons (Fsp3) is 0.263. The number of anilines is 1. The van der Waals surface area contributed by atoms with E-state index >= 15 is 0 Å². The van der Waals surface area contributed by atoms with Crippen molar-refractivity contribution in [3.05, 3.63) is 64.7 Å². The van der Waals surface area contributed by atoms with Crippen LogP contribution in [-0.4, -0.2) is 35.8 Å². The van der Waals surface area contributed by atoms with Crippen molar-refractivity contribution in [1.82, 2.24) is 4.90 Å². The van der Waals surface area contributed by atoms with Crippen molar-refractivity contribution in [2.75, 3.05) is 18.0 Å². The molecular formula is C19H19ClN2O2. The molecule has 124 valence electrons. The number of rotatable bonds is 2. The minimum Gasteiger partial charge on any atom is -0.325 e. The van der Waals surface area contributed by atoms with Gasteiger partial charge in [0.2, 0.25) is 5.91 Å². The summed E-state index contributed by atoms with van der Waals surface area (Å²) in [6, 6.07) is 14.2. The largest absolute Gasteiger partial charge is 0.325 e. The molecule has 1 saturated heterocycles. The van der Waals surface area contributed by atoms with Crippen LogP contribution < -0.4 is 4.90 Å². The summed E-state index contributed by atoms with van der Waals surface area (Å²) in [6.45, 7) is 4.74. The molecule has 0 radical (unpaired) electrons. The number of benzene rings is 2. The fourth-order valence-electron chi connectivity index (χ4n) is 2.99. The molecule has 1 fully saturated rings. The number of carbonyl (C=O) groups excluding carboxylic acids is 2. The first-order chi connectivity index (χ1) is 11.5. The second-order valence-electron chi connectivity index (χ2n) is 6.01. The highest BCUT2D eigenvalue weighted by molar-refractivity contribution is 6.31. The van der Waals surface area contributed by atoms with Gasteiger partial charge in [0.05, 0.1) is 0 Å². The molecule has 0 bridgehead atoms. The van der Waals surface area contributed by atoms with Crippen LogP contribution in [0.15, 0.2) is 48.5 Å². The molecule has 5 heteroatoms. The van der Waals surface area contributed by atoms with Crippen LogP contribution in [0, 0.1) is 6.92 Å². The Labute approximate surface area is 146 Å². The summed E-state index contributed by atoms with van der Waals surface area (Å²) in [6.07, 6.45) is 0. The molecule has 0 spiro atoms. The Bertz CT molecular complexity index is 790. The Hall–Kier alpha value is -2.33. The lowest BCUT2D eigenvalue weighted by molar-refractivity contribution is -0.124. The molecule has 2 aromatic carbocycles. The highest BCUT2D eigenvalue weighted by atomic mass is 35.5. The predicted molar refractivity (Wildman–Crippen MR) is 95.5 cm³/mol. The van der Waals surface area contributed by atoms with Crippen LogP contribution in [0.1, 0.15) is 22.8 Å². The maximum Gasteiger partial charge on any atom is 0.254 e. The highest BCUT2D eigenvalue weighted by Crippen LogP contribution is 2.23. The standard InChI is InChI=1S/C19H19ClN2O2/c1-13-5-3-8-17(11-13)22-10-9-21(14(2)18(22)23)19(24)15-6-4-7-16(20)12-15/h3-8,11-12,14H,9-10H2,1-2H3. The van der Waals surface area contributed by atoms with Crippen LogP contribution in [0.5, 0.6) is 0 Å². The van der Waals surface area contributed by atoms with Gasteiger partial charge in [-0.25, -0.2) is 0 Å². The third-order valence-corrected chi connectivity index (χ3v) is 4.54. The lowest BCUT2D eigenvalue weighted by Crippen LogP contribution is -2.57. The predicted octanol–water partition coefficient (Wildman–Crippen LogP) is 3.53. The highest BCUT2D eigenvalue weighted by Gasteiger charge is 2.35. The van der Waals surface area contributed by atoms with Crippen molar-refractivity contribution >= 4 is 29.1 Å². The van der Waals surface area contributed by atoms with Gasteiger partial charge in [-0.1, -0.05) is 29.8 Å². The van der Waals surface area contributed by atoms with E-state index in [0.29, 0.717) is 23.7 Å². The van der Waals surface area contributed by atoms with Crippen LogP contribution in [0.25, 0.3) is 0 Å². The van der Waals surface area contributed by atoms with E-state index in [1.807, 2.05) is 31.2 Å². The normalized spacial score (nSPS) is 18.0. The van der Waals surface area contributed by atoms with E-state index < -0.39 is 6.04 Å². The van der Waals surface area contributed by atoms with Gasteiger partial charge in [0.25, 0.3) is 5.91 Å². The molecule has 2 aromatic rings. The van der Waals surface area contributed by atoms with Gasteiger partial charge in [-0.05, 0) is 49.7 Å². The quantitative estimate of drug-likeness (QED) is 0.837. The molecule has 0 N–H and O–H groups in total. The minimum absolute atomic E-state index is 0.0674. The molecule has 1 aliphatic heterocycles. The second-order valence-corrected chi connectivity index (χ2v) is 6.45. The number of hydrogen-bond donors (Lipinski definition) is 0. The van der Waals surface area contributed by atoms with Crippen LogP contribution in [0.3, 0.4) is 0 Å². The Morgan fingerprint density at radius 3 is 2.58 bits per heavy atom. The van der Waals surface area contributed by atoms with Crippen LogP contribution in [0.2, 0.25) is 5.02 Å². The Kier molecular flexibility index (Phi) is 4.58. The minimum atomic E-state index is -0.509. The van der Waals surface area contributed by atoms with Gasteiger partial charge in [-0.3, -0.25) is 9.59 Å². The van der Waals surface area contributed by atoms with Gasteiger partial charge in [0.15, 0.2) is 0 Å². The van der Waals surface area contributed by atoms with Crippen LogP contribution >= 0.6 is 11.6 Å². The van der Waals surface area contributed by atoms with Crippen molar-refractivity contribution in [3.63, 3.8) is 0 Å². The summed E-state index contributed by atoms with van der Waals surface area (Å²) < 4.78 is 0. The first kappa shape index (κ1) is 16.5. The summed E-state index contributed by atoms with van der Waals surface area (Å²) in [4.78, 5) is 28.8. The van der Waals surface area contributed by atoms with Crippen molar-refractivity contribution in [1.29, 1.82) is 0 Å². The summed E-state index contributed by atoms with van der Waals surface area (Å²) >= 11 is 5.97. The smallest absolute Gasteiger partial charge is 0.254 e. The van der Waals surface area contributed by atoms with Crippen molar-refractivity contribution in [3.8, 4) is 0 Å². The lowest BCUT2D eigenvalue weighted by atomic mass is 10.1. The van der Waals surface area contributed by atoms with Crippen LogP contribution in [-0.2, 0) is 4.79 Å². The third kappa shape index (κ3) is 3.15. The van der Waals surface area contributed by atoms with E-state index in [1.165, 1.54) is 0 Å². The maximum absolute atomic E-state index is 12.8. The van der Waals surface area contributed by atoms with E-state index in [9.17, 15) is 9.59 Å². The number of hydrogen-bond acceptors (Lipinski definition) is 2. The zero-order valence-corrected chi connectivity index (χ0v) is 14.5. The molecule has 0 aromatic heterocycles. The topological polar surface area (TPSA) is 40.6 Å². The summed E-state index contributed by atoms with van der Waals surface area (Å²) in [5.41, 5.74) is 2.48. The number of nitrogens with zero attached hydrogens (tertiary/aromatic N) is 2. The van der Waals surface area contributed by atoms with Gasteiger partial charge in [-0.15, -0.1) is 0 Å². The Morgan fingerprint density at radius 2 is 1.88 bits per heavy atom. The number of amides is 2. The molecule has 4 nitrogen and oxygen atoms in total. The zero-order valence-electron chi connectivity index (χ0n) is 13.7. The molecule has 24 heavy (non-hydrogen) atoms. The van der Waals surface area contributed by atoms with Gasteiger partial charge < -0.3 is 9.80 Å². The molecule has 3 rings (SSSR count). The number of halogens is 1. The average molecular weight is 343 g/mol. The second kappa shape index (κ2) is 6.65. The van der Waals surface area contributed by atoms with Crippen molar-refractivity contribution in [2.24, 2.45) is 0 Å². The molecule has 2 amide bonds. The molecule has 1 unspecified atom stereocenters. The van der Waals surface area contributed by atoms with Crippen molar-refractivity contribution in [2.45, 2.75) is 19.9 Å². The van der Waals surface area contributed by atoms with Crippen LogP contribution in [0.4, 0.5) is 5.69 Å². The summed E-state index contributed by atoms with van der Waals surface area (Å²) in [7, 11) is 0. The Balaban J connectivity index is 1.81. The van der Waals surface area contributed by atoms with E-state index in [-0.39, 0.29) is 11.8 Å². The molecular weight excluding hydrogens is 324 g/mol. The van der Waals surface area contributed by atoms with Gasteiger partial charge in [0, 0.05) is 29.4 Å². The Morgan fingerprint density at radius 1 is 1.12 bits per heavy atom. The summed E-state index contributed by atoms with van der Waals surface area (Å²) in [5, 5.41) is 0.512. The first-order valence-electron chi connectivity index (χ1n) is 7.92. The van der Waals surface area contributed by atoms with E-state index in [0.717, 1.165) is 11.3 Å². The number of piperazine rings is 1. The average Bonchev–Trinajstić information content (AvgIpc) is 2.56.